The molecule has 96 valence electrons. The molecule has 2 rings (SSSR count). The molecule has 2 unspecified atom stereocenters. The first-order chi connectivity index (χ1) is 7.89. The SMILES string of the molecule is CCN(CC1CC1)C(=O)C1C(C(=O)O)C1(C)C. The summed E-state index contributed by atoms with van der Waals surface area (Å²) in [6.45, 7) is 7.21. The third-order valence-corrected chi connectivity index (χ3v) is 4.23. The number of aliphatic carboxylic acids is 1. The van der Waals surface area contributed by atoms with Gasteiger partial charge in [-0.05, 0) is 31.1 Å². The van der Waals surface area contributed by atoms with E-state index < -0.39 is 11.9 Å². The fourth-order valence-electron chi connectivity index (χ4n) is 2.74. The second-order valence-corrected chi connectivity index (χ2v) is 5.94. The van der Waals surface area contributed by atoms with E-state index in [-0.39, 0.29) is 17.2 Å². The highest BCUT2D eigenvalue weighted by Crippen LogP contribution is 2.59. The van der Waals surface area contributed by atoms with Crippen LogP contribution in [0.25, 0.3) is 0 Å². The first-order valence-corrected chi connectivity index (χ1v) is 6.41. The van der Waals surface area contributed by atoms with Crippen molar-refractivity contribution in [3.05, 3.63) is 0 Å². The van der Waals surface area contributed by atoms with Crippen LogP contribution in [0.4, 0.5) is 0 Å². The van der Waals surface area contributed by atoms with E-state index in [1.165, 1.54) is 12.8 Å². The van der Waals surface area contributed by atoms with Crippen LogP contribution in [-0.2, 0) is 9.59 Å². The number of carboxylic acid groups (broad SMARTS) is 1. The Hall–Kier alpha value is -1.06. The second kappa shape index (κ2) is 4.00. The lowest BCUT2D eigenvalue weighted by molar-refractivity contribution is -0.142. The monoisotopic (exact) mass is 239 g/mol. The zero-order chi connectivity index (χ0) is 12.8. The first-order valence-electron chi connectivity index (χ1n) is 6.41. The molecular weight excluding hydrogens is 218 g/mol. The minimum atomic E-state index is -0.837. The normalized spacial score (nSPS) is 29.8. The van der Waals surface area contributed by atoms with Gasteiger partial charge in [0.15, 0.2) is 0 Å². The zero-order valence-corrected chi connectivity index (χ0v) is 10.8. The summed E-state index contributed by atoms with van der Waals surface area (Å²) in [5.41, 5.74) is -0.375. The van der Waals surface area contributed by atoms with E-state index in [1.807, 2.05) is 25.7 Å². The zero-order valence-electron chi connectivity index (χ0n) is 10.8. The molecule has 0 bridgehead atoms. The van der Waals surface area contributed by atoms with Crippen LogP contribution in [0.3, 0.4) is 0 Å². The smallest absolute Gasteiger partial charge is 0.307 e. The Bertz CT molecular complexity index is 347. The predicted molar refractivity (Wildman–Crippen MR) is 63.4 cm³/mol. The molecule has 2 saturated carbocycles. The van der Waals surface area contributed by atoms with Crippen LogP contribution < -0.4 is 0 Å². The molecule has 0 saturated heterocycles. The maximum Gasteiger partial charge on any atom is 0.307 e. The molecule has 2 fully saturated rings. The fraction of sp³-hybridized carbons (Fsp3) is 0.846. The number of amides is 1. The van der Waals surface area contributed by atoms with Crippen LogP contribution in [0, 0.1) is 23.2 Å². The molecule has 0 aromatic carbocycles. The van der Waals surface area contributed by atoms with Crippen molar-refractivity contribution in [2.45, 2.75) is 33.6 Å². The number of hydrogen-bond acceptors (Lipinski definition) is 2. The first kappa shape index (κ1) is 12.4. The van der Waals surface area contributed by atoms with Crippen molar-refractivity contribution >= 4 is 11.9 Å². The van der Waals surface area contributed by atoms with E-state index >= 15 is 0 Å². The van der Waals surface area contributed by atoms with Gasteiger partial charge >= 0.3 is 5.97 Å². The van der Waals surface area contributed by atoms with E-state index in [0.29, 0.717) is 12.5 Å². The van der Waals surface area contributed by atoms with Crippen LogP contribution in [-0.4, -0.2) is 35.0 Å². The molecule has 1 amide bonds. The van der Waals surface area contributed by atoms with Crippen molar-refractivity contribution in [1.29, 1.82) is 0 Å². The number of carboxylic acids is 1. The summed E-state index contributed by atoms with van der Waals surface area (Å²) < 4.78 is 0. The minimum Gasteiger partial charge on any atom is -0.481 e. The van der Waals surface area contributed by atoms with E-state index in [0.717, 1.165) is 6.54 Å². The Morgan fingerprint density at radius 1 is 1.29 bits per heavy atom. The van der Waals surface area contributed by atoms with Crippen LogP contribution in [0.2, 0.25) is 0 Å². The van der Waals surface area contributed by atoms with Crippen molar-refractivity contribution in [3.8, 4) is 0 Å². The number of nitrogens with zero attached hydrogens (tertiary/aromatic N) is 1. The maximum absolute atomic E-state index is 12.3. The van der Waals surface area contributed by atoms with Gasteiger partial charge in [0.2, 0.25) is 5.91 Å². The van der Waals surface area contributed by atoms with Crippen molar-refractivity contribution in [2.75, 3.05) is 13.1 Å². The number of carbonyl (C=O) groups excluding carboxylic acids is 1. The van der Waals surface area contributed by atoms with Gasteiger partial charge in [-0.25, -0.2) is 0 Å². The van der Waals surface area contributed by atoms with Gasteiger partial charge in [-0.3, -0.25) is 9.59 Å². The third-order valence-electron chi connectivity index (χ3n) is 4.23. The average Bonchev–Trinajstić information content (AvgIpc) is 3.10. The molecule has 0 aliphatic heterocycles. The number of carbonyl (C=O) groups is 2. The van der Waals surface area contributed by atoms with Crippen LogP contribution in [0.1, 0.15) is 33.6 Å². The molecule has 1 N–H and O–H groups in total. The molecule has 0 aromatic heterocycles. The molecular formula is C13H21NO3. The molecule has 17 heavy (non-hydrogen) atoms. The summed E-state index contributed by atoms with van der Waals surface area (Å²) in [6, 6.07) is 0. The van der Waals surface area contributed by atoms with Crippen LogP contribution >= 0.6 is 0 Å². The highest BCUT2D eigenvalue weighted by molar-refractivity contribution is 5.91. The summed E-state index contributed by atoms with van der Waals surface area (Å²) >= 11 is 0. The molecule has 2 aliphatic rings. The molecule has 0 radical (unpaired) electrons. The van der Waals surface area contributed by atoms with Crippen molar-refractivity contribution in [3.63, 3.8) is 0 Å². The van der Waals surface area contributed by atoms with E-state index in [1.54, 1.807) is 0 Å². The third kappa shape index (κ3) is 2.17. The summed E-state index contributed by atoms with van der Waals surface area (Å²) in [4.78, 5) is 25.2. The molecule has 0 aromatic rings. The number of rotatable bonds is 5. The molecule has 4 heteroatoms. The van der Waals surface area contributed by atoms with E-state index in [4.69, 9.17) is 5.11 Å². The summed E-state index contributed by atoms with van der Waals surface area (Å²) in [5, 5.41) is 9.09. The van der Waals surface area contributed by atoms with Gasteiger partial charge in [0.05, 0.1) is 11.8 Å². The van der Waals surface area contributed by atoms with Gasteiger partial charge in [-0.1, -0.05) is 13.8 Å². The van der Waals surface area contributed by atoms with Gasteiger partial charge in [-0.2, -0.15) is 0 Å². The van der Waals surface area contributed by atoms with Gasteiger partial charge in [-0.15, -0.1) is 0 Å². The quantitative estimate of drug-likeness (QED) is 0.792. The Morgan fingerprint density at radius 3 is 2.24 bits per heavy atom. The summed E-state index contributed by atoms with van der Waals surface area (Å²) in [5.74, 6) is -0.960. The molecule has 4 nitrogen and oxygen atoms in total. The van der Waals surface area contributed by atoms with Crippen LogP contribution in [0.5, 0.6) is 0 Å². The molecule has 0 heterocycles. The lowest BCUT2D eigenvalue weighted by Gasteiger charge is -2.21. The average molecular weight is 239 g/mol. The topological polar surface area (TPSA) is 57.6 Å². The lowest BCUT2D eigenvalue weighted by atomic mass is 10.1. The van der Waals surface area contributed by atoms with Crippen LogP contribution in [0.15, 0.2) is 0 Å². The Balaban J connectivity index is 2.01. The summed E-state index contributed by atoms with van der Waals surface area (Å²) in [6.07, 6.45) is 2.42. The maximum atomic E-state index is 12.3. The highest BCUT2D eigenvalue weighted by atomic mass is 16.4. The molecule has 0 spiro atoms. The minimum absolute atomic E-state index is 0.0387. The lowest BCUT2D eigenvalue weighted by Crippen LogP contribution is -2.35. The van der Waals surface area contributed by atoms with Crippen molar-refractivity contribution in [2.24, 2.45) is 23.2 Å². The van der Waals surface area contributed by atoms with Gasteiger partial charge in [0.25, 0.3) is 0 Å². The van der Waals surface area contributed by atoms with Crippen molar-refractivity contribution in [1.82, 2.24) is 4.90 Å². The largest absolute Gasteiger partial charge is 0.481 e. The molecule has 2 atom stereocenters. The molecule has 2 aliphatic carbocycles. The standard InChI is InChI=1S/C13H21NO3/c1-4-14(7-8-5-6-8)11(15)9-10(12(16)17)13(9,2)3/h8-10H,4-7H2,1-3H3,(H,16,17). The van der Waals surface area contributed by atoms with E-state index in [2.05, 4.69) is 0 Å². The van der Waals surface area contributed by atoms with Gasteiger partial charge in [0, 0.05) is 13.1 Å². The fourth-order valence-corrected chi connectivity index (χ4v) is 2.74. The highest BCUT2D eigenvalue weighted by Gasteiger charge is 2.66. The Morgan fingerprint density at radius 2 is 1.88 bits per heavy atom. The Labute approximate surface area is 102 Å². The van der Waals surface area contributed by atoms with Gasteiger partial charge < -0.3 is 10.0 Å². The number of hydrogen-bond donors (Lipinski definition) is 1. The van der Waals surface area contributed by atoms with E-state index in [9.17, 15) is 9.59 Å². The van der Waals surface area contributed by atoms with Crippen molar-refractivity contribution < 1.29 is 14.7 Å². The summed E-state index contributed by atoms with van der Waals surface area (Å²) in [7, 11) is 0. The predicted octanol–water partition coefficient (Wildman–Crippen LogP) is 1.60. The Kier molecular flexibility index (Phi) is 2.92. The second-order valence-electron chi connectivity index (χ2n) is 5.94. The van der Waals surface area contributed by atoms with Gasteiger partial charge in [0.1, 0.15) is 0 Å².